The maximum Gasteiger partial charge on any atom is 0.271 e. The summed E-state index contributed by atoms with van der Waals surface area (Å²) < 4.78 is 5.54. The van der Waals surface area contributed by atoms with Gasteiger partial charge in [0.1, 0.15) is 5.69 Å². The second kappa shape index (κ2) is 6.76. The van der Waals surface area contributed by atoms with Crippen LogP contribution in [0.2, 0.25) is 0 Å². The van der Waals surface area contributed by atoms with Gasteiger partial charge in [-0.1, -0.05) is 25.0 Å². The van der Waals surface area contributed by atoms with Crippen molar-refractivity contribution < 1.29 is 4.79 Å². The Hall–Kier alpha value is -1.76. The second-order valence-corrected chi connectivity index (χ2v) is 8.83. The molecular weight excluding hydrogens is 362 g/mol. The number of hydrogen-bond donors (Lipinski definition) is 1. The number of amides is 1. The first-order chi connectivity index (χ1) is 12.8. The minimum atomic E-state index is -0.0200. The van der Waals surface area contributed by atoms with E-state index in [0.717, 1.165) is 16.6 Å². The maximum absolute atomic E-state index is 12.8. The first-order valence-electron chi connectivity index (χ1n) is 9.26. The average Bonchev–Trinajstić information content (AvgIpc) is 3.27. The third kappa shape index (κ3) is 2.86. The zero-order valence-electron chi connectivity index (χ0n) is 14.5. The topological polar surface area (TPSA) is 45.2 Å². The van der Waals surface area contributed by atoms with Crippen molar-refractivity contribution in [2.75, 3.05) is 13.1 Å². The molecule has 0 radical (unpaired) electrons. The number of carbonyl (C=O) groups excluding carboxylic acids is 1. The van der Waals surface area contributed by atoms with Gasteiger partial charge in [0, 0.05) is 18.0 Å². The lowest BCUT2D eigenvalue weighted by atomic mass is 9.93. The Labute approximate surface area is 161 Å². The van der Waals surface area contributed by atoms with Gasteiger partial charge in [0.05, 0.1) is 10.7 Å². The highest BCUT2D eigenvalue weighted by Gasteiger charge is 2.40. The first-order valence-corrected chi connectivity index (χ1v) is 11.0. The van der Waals surface area contributed by atoms with Crippen molar-refractivity contribution in [3.8, 4) is 11.1 Å². The third-order valence-corrected chi connectivity index (χ3v) is 7.16. The van der Waals surface area contributed by atoms with E-state index in [1.807, 2.05) is 6.07 Å². The van der Waals surface area contributed by atoms with Crippen molar-refractivity contribution in [2.24, 2.45) is 0 Å². The fourth-order valence-electron chi connectivity index (χ4n) is 4.20. The lowest BCUT2D eigenvalue weighted by Gasteiger charge is -2.47. The Bertz CT molecular complexity index is 934. The summed E-state index contributed by atoms with van der Waals surface area (Å²) in [5.41, 5.74) is 2.98. The molecule has 0 aliphatic carbocycles. The second-order valence-electron chi connectivity index (χ2n) is 7.25. The maximum atomic E-state index is 12.8. The van der Waals surface area contributed by atoms with Crippen molar-refractivity contribution in [2.45, 2.75) is 37.8 Å². The van der Waals surface area contributed by atoms with Gasteiger partial charge < -0.3 is 5.32 Å². The van der Waals surface area contributed by atoms with E-state index in [4.69, 9.17) is 0 Å². The molecule has 2 fully saturated rings. The molecule has 6 heteroatoms. The van der Waals surface area contributed by atoms with Crippen LogP contribution in [-0.2, 0) is 0 Å². The van der Waals surface area contributed by atoms with Crippen molar-refractivity contribution in [1.29, 1.82) is 0 Å². The van der Waals surface area contributed by atoms with Crippen LogP contribution in [0.1, 0.15) is 36.2 Å². The van der Waals surface area contributed by atoms with Gasteiger partial charge in [0.2, 0.25) is 0 Å². The van der Waals surface area contributed by atoms with Gasteiger partial charge in [0.15, 0.2) is 0 Å². The van der Waals surface area contributed by atoms with E-state index < -0.39 is 0 Å². The van der Waals surface area contributed by atoms with E-state index in [-0.39, 0.29) is 11.9 Å². The molecule has 0 saturated carbocycles. The molecule has 4 heterocycles. The summed E-state index contributed by atoms with van der Waals surface area (Å²) in [4.78, 5) is 15.3. The molecule has 2 aliphatic heterocycles. The van der Waals surface area contributed by atoms with Gasteiger partial charge in [-0.25, -0.2) is 0 Å². The van der Waals surface area contributed by atoms with Gasteiger partial charge >= 0.3 is 0 Å². The lowest BCUT2D eigenvalue weighted by molar-refractivity contribution is 0.0410. The minimum absolute atomic E-state index is 0.0200. The minimum Gasteiger partial charge on any atom is -0.345 e. The zero-order valence-corrected chi connectivity index (χ0v) is 16.1. The molecule has 4 nitrogen and oxygen atoms in total. The summed E-state index contributed by atoms with van der Waals surface area (Å²) in [5, 5.41) is 8.43. The molecule has 2 saturated heterocycles. The van der Waals surface area contributed by atoms with Crippen LogP contribution < -0.4 is 5.32 Å². The Morgan fingerprint density at radius 3 is 3.04 bits per heavy atom. The van der Waals surface area contributed by atoms with E-state index in [2.05, 4.69) is 43.5 Å². The van der Waals surface area contributed by atoms with Gasteiger partial charge in [-0.15, -0.1) is 0 Å². The van der Waals surface area contributed by atoms with Crippen LogP contribution in [0.4, 0.5) is 0 Å². The van der Waals surface area contributed by atoms with Crippen LogP contribution >= 0.6 is 22.9 Å². The molecule has 1 N–H and O–H groups in total. The molecule has 1 amide bonds. The van der Waals surface area contributed by atoms with Crippen LogP contribution in [0.15, 0.2) is 35.0 Å². The number of hydrogen-bond acceptors (Lipinski definition) is 5. The highest BCUT2D eigenvalue weighted by atomic mass is 32.1. The number of nitrogens with one attached hydrogen (secondary N) is 1. The molecule has 0 bridgehead atoms. The molecule has 134 valence electrons. The highest BCUT2D eigenvalue weighted by molar-refractivity contribution is 7.13. The predicted molar refractivity (Wildman–Crippen MR) is 108 cm³/mol. The molecule has 26 heavy (non-hydrogen) atoms. The number of carbonyl (C=O) groups is 1. The van der Waals surface area contributed by atoms with Crippen LogP contribution in [0.25, 0.3) is 21.2 Å². The summed E-state index contributed by atoms with van der Waals surface area (Å²) in [7, 11) is 0. The predicted octanol–water partition coefficient (Wildman–Crippen LogP) is 4.38. The van der Waals surface area contributed by atoms with Crippen LogP contribution in [0, 0.1) is 0 Å². The molecular formula is C20H21N3OS2. The van der Waals surface area contributed by atoms with E-state index in [1.54, 1.807) is 11.3 Å². The number of thiophene rings is 1. The number of fused-ring (bicyclic) bond motifs is 2. The van der Waals surface area contributed by atoms with Gasteiger partial charge in [-0.3, -0.25) is 9.69 Å². The lowest BCUT2D eigenvalue weighted by Crippen LogP contribution is -2.66. The Morgan fingerprint density at radius 1 is 1.19 bits per heavy atom. The number of rotatable bonds is 3. The van der Waals surface area contributed by atoms with Crippen molar-refractivity contribution in [1.82, 2.24) is 14.6 Å². The highest BCUT2D eigenvalue weighted by Crippen LogP contribution is 2.31. The number of aromatic nitrogens is 1. The summed E-state index contributed by atoms with van der Waals surface area (Å²) in [5.74, 6) is -0.0200. The summed E-state index contributed by atoms with van der Waals surface area (Å²) >= 11 is 3.11. The Kier molecular flexibility index (Phi) is 4.27. The molecule has 2 aromatic heterocycles. The molecule has 0 spiro atoms. The fourth-order valence-corrected chi connectivity index (χ4v) is 5.68. The third-order valence-electron chi connectivity index (χ3n) is 5.67. The largest absolute Gasteiger partial charge is 0.345 e. The molecule has 1 unspecified atom stereocenters. The quantitative estimate of drug-likeness (QED) is 0.730. The van der Waals surface area contributed by atoms with E-state index in [1.165, 1.54) is 54.9 Å². The molecule has 3 aromatic rings. The normalized spacial score (nSPS) is 23.2. The summed E-state index contributed by atoms with van der Waals surface area (Å²) in [6.45, 7) is 2.17. The molecule has 2 aliphatic rings. The summed E-state index contributed by atoms with van der Waals surface area (Å²) in [6, 6.07) is 9.20. The van der Waals surface area contributed by atoms with Gasteiger partial charge in [-0.05, 0) is 64.9 Å². The molecule has 5 rings (SSSR count). The van der Waals surface area contributed by atoms with E-state index in [9.17, 15) is 4.79 Å². The molecule has 1 aromatic carbocycles. The smallest absolute Gasteiger partial charge is 0.271 e. The monoisotopic (exact) mass is 383 g/mol. The van der Waals surface area contributed by atoms with E-state index >= 15 is 0 Å². The van der Waals surface area contributed by atoms with Crippen molar-refractivity contribution in [3.63, 3.8) is 0 Å². The van der Waals surface area contributed by atoms with E-state index in [0.29, 0.717) is 11.7 Å². The summed E-state index contributed by atoms with van der Waals surface area (Å²) in [6.07, 6.45) is 5.09. The van der Waals surface area contributed by atoms with Crippen molar-refractivity contribution in [3.05, 3.63) is 40.7 Å². The van der Waals surface area contributed by atoms with Crippen LogP contribution in [-0.4, -0.2) is 40.4 Å². The fraction of sp³-hybridized carbons (Fsp3) is 0.400. The average molecular weight is 384 g/mol. The Morgan fingerprint density at radius 2 is 2.15 bits per heavy atom. The van der Waals surface area contributed by atoms with Gasteiger partial charge in [-0.2, -0.15) is 15.7 Å². The Balaban J connectivity index is 1.35. The van der Waals surface area contributed by atoms with Gasteiger partial charge in [0.25, 0.3) is 5.91 Å². The van der Waals surface area contributed by atoms with Crippen LogP contribution in [0.5, 0.6) is 0 Å². The number of nitrogens with zero attached hydrogens (tertiary/aromatic N) is 2. The standard InChI is InChI=1S/C20H21N3OS2/c24-20(21-16-11-23-8-3-1-2-4-17(16)23)19-15-6-5-13(10-18(15)26-22-19)14-7-9-25-12-14/h5-7,9-10,12,16-17H,1-4,8,11H2,(H,21,24)/t16-,17?/m0/s1. The van der Waals surface area contributed by atoms with Crippen molar-refractivity contribution >= 4 is 38.9 Å². The molecule has 2 atom stereocenters. The first kappa shape index (κ1) is 16.4. The SMILES string of the molecule is O=C(N[C@H]1CN2CCCCCC12)c1nsc2cc(-c3ccsc3)ccc12. The van der Waals surface area contributed by atoms with Crippen LogP contribution in [0.3, 0.4) is 0 Å². The number of benzene rings is 1. The zero-order chi connectivity index (χ0) is 17.5.